The second-order valence-electron chi connectivity index (χ2n) is 4.85. The van der Waals surface area contributed by atoms with Gasteiger partial charge >= 0.3 is 0 Å². The fourth-order valence-electron chi connectivity index (χ4n) is 2.24. The Morgan fingerprint density at radius 2 is 2.15 bits per heavy atom. The number of carbonyl (C=O) groups is 1. The van der Waals surface area contributed by atoms with Crippen molar-refractivity contribution >= 4 is 28.8 Å². The van der Waals surface area contributed by atoms with Crippen LogP contribution in [0.2, 0.25) is 0 Å². The Balaban J connectivity index is 1.57. The van der Waals surface area contributed by atoms with Crippen LogP contribution in [0.25, 0.3) is 11.1 Å². The van der Waals surface area contributed by atoms with Crippen LogP contribution in [-0.2, 0) is 4.79 Å². The topological polar surface area (TPSA) is 66.6 Å². The van der Waals surface area contributed by atoms with Crippen LogP contribution in [0.1, 0.15) is 12.8 Å². The molecule has 20 heavy (non-hydrogen) atoms. The molecule has 1 amide bonds. The molecule has 1 aromatic carbocycles. The summed E-state index contributed by atoms with van der Waals surface area (Å²) < 4.78 is 5.56. The quantitative estimate of drug-likeness (QED) is 0.875. The molecule has 1 aliphatic heterocycles. The standard InChI is InChI=1S/C14H16N2O3S/c17-10-5-7-16(8-6-10)13(18)9-20-14-15-11-3-1-2-4-12(11)19-14/h1-4,10,17H,5-9H2. The summed E-state index contributed by atoms with van der Waals surface area (Å²) in [5.74, 6) is 0.396. The number of thioether (sulfide) groups is 1. The van der Waals surface area contributed by atoms with Crippen molar-refractivity contribution in [3.05, 3.63) is 24.3 Å². The normalized spacial score (nSPS) is 16.8. The van der Waals surface area contributed by atoms with E-state index in [1.807, 2.05) is 24.3 Å². The largest absolute Gasteiger partial charge is 0.431 e. The number of nitrogens with zero attached hydrogens (tertiary/aromatic N) is 2. The Morgan fingerprint density at radius 1 is 1.40 bits per heavy atom. The number of hydrogen-bond acceptors (Lipinski definition) is 5. The average molecular weight is 292 g/mol. The molecule has 0 spiro atoms. The van der Waals surface area contributed by atoms with E-state index in [2.05, 4.69) is 4.98 Å². The first-order valence-electron chi connectivity index (χ1n) is 6.66. The number of hydrogen-bond donors (Lipinski definition) is 1. The Morgan fingerprint density at radius 3 is 2.90 bits per heavy atom. The monoisotopic (exact) mass is 292 g/mol. The fourth-order valence-corrected chi connectivity index (χ4v) is 2.98. The molecule has 106 valence electrons. The number of oxazole rings is 1. The summed E-state index contributed by atoms with van der Waals surface area (Å²) in [4.78, 5) is 18.2. The third kappa shape index (κ3) is 2.96. The number of aliphatic hydroxyl groups is 1. The van der Waals surface area contributed by atoms with Crippen molar-refractivity contribution in [2.24, 2.45) is 0 Å². The molecule has 0 saturated carbocycles. The van der Waals surface area contributed by atoms with Crippen molar-refractivity contribution in [2.45, 2.75) is 24.2 Å². The van der Waals surface area contributed by atoms with Gasteiger partial charge in [-0.2, -0.15) is 0 Å². The van der Waals surface area contributed by atoms with Gasteiger partial charge in [-0.3, -0.25) is 4.79 Å². The van der Waals surface area contributed by atoms with Gasteiger partial charge in [0.25, 0.3) is 5.22 Å². The van der Waals surface area contributed by atoms with E-state index in [1.165, 1.54) is 11.8 Å². The molecule has 6 heteroatoms. The maximum absolute atomic E-state index is 12.0. The van der Waals surface area contributed by atoms with Gasteiger partial charge in [-0.15, -0.1) is 0 Å². The minimum absolute atomic E-state index is 0.0733. The number of piperidine rings is 1. The van der Waals surface area contributed by atoms with Gasteiger partial charge in [-0.25, -0.2) is 4.98 Å². The van der Waals surface area contributed by atoms with Crippen LogP contribution in [0.3, 0.4) is 0 Å². The Labute approximate surface area is 121 Å². The molecule has 0 aliphatic carbocycles. The Bertz CT molecular complexity index is 572. The molecule has 1 aromatic heterocycles. The smallest absolute Gasteiger partial charge is 0.257 e. The first kappa shape index (κ1) is 13.5. The molecular weight excluding hydrogens is 276 g/mol. The summed E-state index contributed by atoms with van der Waals surface area (Å²) in [5, 5.41) is 9.95. The molecule has 0 atom stereocenters. The summed E-state index contributed by atoms with van der Waals surface area (Å²) >= 11 is 1.32. The SMILES string of the molecule is O=C(CSc1nc2ccccc2o1)N1CCC(O)CC1. The summed E-state index contributed by atoms with van der Waals surface area (Å²) in [6, 6.07) is 7.55. The predicted molar refractivity (Wildman–Crippen MR) is 76.6 cm³/mol. The Hall–Kier alpha value is -1.53. The van der Waals surface area contributed by atoms with Gasteiger partial charge in [0.05, 0.1) is 11.9 Å². The van der Waals surface area contributed by atoms with E-state index in [-0.39, 0.29) is 12.0 Å². The fraction of sp³-hybridized carbons (Fsp3) is 0.429. The van der Waals surface area contributed by atoms with E-state index in [0.717, 1.165) is 11.1 Å². The number of benzene rings is 1. The van der Waals surface area contributed by atoms with Crippen molar-refractivity contribution in [2.75, 3.05) is 18.8 Å². The molecule has 1 fully saturated rings. The molecule has 2 heterocycles. The van der Waals surface area contributed by atoms with Gasteiger partial charge < -0.3 is 14.4 Å². The lowest BCUT2D eigenvalue weighted by molar-refractivity contribution is -0.130. The lowest BCUT2D eigenvalue weighted by Crippen LogP contribution is -2.40. The van der Waals surface area contributed by atoms with E-state index < -0.39 is 0 Å². The van der Waals surface area contributed by atoms with Crippen molar-refractivity contribution < 1.29 is 14.3 Å². The van der Waals surface area contributed by atoms with Gasteiger partial charge in [0, 0.05) is 13.1 Å². The maximum atomic E-state index is 12.0. The van der Waals surface area contributed by atoms with Crippen LogP contribution >= 0.6 is 11.8 Å². The lowest BCUT2D eigenvalue weighted by Gasteiger charge is -2.29. The average Bonchev–Trinajstić information content (AvgIpc) is 2.88. The molecule has 0 unspecified atom stereocenters. The minimum atomic E-state index is -0.260. The second-order valence-corrected chi connectivity index (χ2v) is 5.77. The maximum Gasteiger partial charge on any atom is 0.257 e. The zero-order valence-corrected chi connectivity index (χ0v) is 11.8. The number of para-hydroxylation sites is 2. The van der Waals surface area contributed by atoms with E-state index in [0.29, 0.717) is 36.9 Å². The van der Waals surface area contributed by atoms with Crippen LogP contribution in [-0.4, -0.2) is 45.8 Å². The third-order valence-electron chi connectivity index (χ3n) is 3.41. The van der Waals surface area contributed by atoms with Crippen LogP contribution in [0.5, 0.6) is 0 Å². The molecular formula is C14H16N2O3S. The first-order valence-corrected chi connectivity index (χ1v) is 7.65. The van der Waals surface area contributed by atoms with Gasteiger partial charge in [0.1, 0.15) is 5.52 Å². The highest BCUT2D eigenvalue weighted by atomic mass is 32.2. The number of fused-ring (bicyclic) bond motifs is 1. The van der Waals surface area contributed by atoms with Gasteiger partial charge in [0.2, 0.25) is 5.91 Å². The first-order chi connectivity index (χ1) is 9.72. The molecule has 3 rings (SSSR count). The van der Waals surface area contributed by atoms with Crippen LogP contribution in [0.4, 0.5) is 0 Å². The molecule has 0 radical (unpaired) electrons. The van der Waals surface area contributed by atoms with Crippen molar-refractivity contribution in [3.63, 3.8) is 0 Å². The summed E-state index contributed by atoms with van der Waals surface area (Å²) in [6.07, 6.45) is 1.07. The van der Waals surface area contributed by atoms with Crippen molar-refractivity contribution in [3.8, 4) is 0 Å². The molecule has 1 N–H and O–H groups in total. The zero-order chi connectivity index (χ0) is 13.9. The number of aromatic nitrogens is 1. The minimum Gasteiger partial charge on any atom is -0.431 e. The zero-order valence-electron chi connectivity index (χ0n) is 11.0. The molecule has 1 saturated heterocycles. The molecule has 2 aromatic rings. The molecule has 5 nitrogen and oxygen atoms in total. The molecule has 0 bridgehead atoms. The van der Waals surface area contributed by atoms with Crippen LogP contribution in [0, 0.1) is 0 Å². The third-order valence-corrected chi connectivity index (χ3v) is 4.22. The highest BCUT2D eigenvalue weighted by Crippen LogP contribution is 2.23. The number of carbonyl (C=O) groups excluding carboxylic acids is 1. The van der Waals surface area contributed by atoms with Crippen LogP contribution < -0.4 is 0 Å². The summed E-state index contributed by atoms with van der Waals surface area (Å²) in [6.45, 7) is 1.27. The van der Waals surface area contributed by atoms with Crippen molar-refractivity contribution in [1.82, 2.24) is 9.88 Å². The number of likely N-dealkylation sites (tertiary alicyclic amines) is 1. The summed E-state index contributed by atoms with van der Waals surface area (Å²) in [7, 11) is 0. The van der Waals surface area contributed by atoms with Crippen LogP contribution in [0.15, 0.2) is 33.9 Å². The summed E-state index contributed by atoms with van der Waals surface area (Å²) in [5.41, 5.74) is 1.55. The van der Waals surface area contributed by atoms with E-state index >= 15 is 0 Å². The number of rotatable bonds is 3. The van der Waals surface area contributed by atoms with Crippen molar-refractivity contribution in [1.29, 1.82) is 0 Å². The van der Waals surface area contributed by atoms with Gasteiger partial charge in [-0.1, -0.05) is 23.9 Å². The lowest BCUT2D eigenvalue weighted by atomic mass is 10.1. The Kier molecular flexibility index (Phi) is 3.93. The van der Waals surface area contributed by atoms with E-state index in [9.17, 15) is 9.90 Å². The number of aliphatic hydroxyl groups excluding tert-OH is 1. The highest BCUT2D eigenvalue weighted by Gasteiger charge is 2.21. The van der Waals surface area contributed by atoms with E-state index in [4.69, 9.17) is 4.42 Å². The van der Waals surface area contributed by atoms with E-state index in [1.54, 1.807) is 4.90 Å². The number of amides is 1. The predicted octanol–water partition coefficient (Wildman–Crippen LogP) is 1.90. The van der Waals surface area contributed by atoms with Gasteiger partial charge in [0.15, 0.2) is 5.58 Å². The second kappa shape index (κ2) is 5.85. The van der Waals surface area contributed by atoms with Gasteiger partial charge in [-0.05, 0) is 25.0 Å². The highest BCUT2D eigenvalue weighted by molar-refractivity contribution is 7.99. The molecule has 1 aliphatic rings.